The summed E-state index contributed by atoms with van der Waals surface area (Å²) in [5, 5.41) is 9.78. The van der Waals surface area contributed by atoms with Gasteiger partial charge in [0.25, 0.3) is 0 Å². The highest BCUT2D eigenvalue weighted by atomic mass is 19.1. The van der Waals surface area contributed by atoms with E-state index in [1.54, 1.807) is 6.92 Å². The molecule has 108 valence electrons. The van der Waals surface area contributed by atoms with Gasteiger partial charge in [-0.25, -0.2) is 4.39 Å². The fourth-order valence-corrected chi connectivity index (χ4v) is 2.84. The first-order valence-electron chi connectivity index (χ1n) is 6.84. The van der Waals surface area contributed by atoms with E-state index in [0.29, 0.717) is 6.54 Å². The summed E-state index contributed by atoms with van der Waals surface area (Å²) in [5.74, 6) is 0. The lowest BCUT2D eigenvalue weighted by atomic mass is 9.98. The molecule has 0 radical (unpaired) electrons. The predicted molar refractivity (Wildman–Crippen MR) is 69.3 cm³/mol. The minimum Gasteiger partial charge on any atom is -0.392 e. The van der Waals surface area contributed by atoms with Gasteiger partial charge in [-0.05, 0) is 46.3 Å². The molecule has 1 N–H and O–H groups in total. The summed E-state index contributed by atoms with van der Waals surface area (Å²) in [6, 6.07) is 0.00209. The molecule has 0 bridgehead atoms. The maximum atomic E-state index is 12.7. The van der Waals surface area contributed by atoms with Crippen molar-refractivity contribution < 1.29 is 13.9 Å². The summed E-state index contributed by atoms with van der Waals surface area (Å²) < 4.78 is 25.3. The Hall–Kier alpha value is -0.260. The van der Waals surface area contributed by atoms with Crippen molar-refractivity contribution >= 4 is 0 Å². The Morgan fingerprint density at radius 1 is 1.28 bits per heavy atom. The number of hydrogen-bond acceptors (Lipinski definition) is 3. The van der Waals surface area contributed by atoms with Gasteiger partial charge in [0.1, 0.15) is 6.67 Å². The van der Waals surface area contributed by atoms with Gasteiger partial charge in [-0.15, -0.1) is 0 Å². The molecule has 1 unspecified atom stereocenters. The molecule has 1 fully saturated rings. The molecule has 1 heterocycles. The topological polar surface area (TPSA) is 26.7 Å². The van der Waals surface area contributed by atoms with E-state index in [4.69, 9.17) is 0 Å². The second kappa shape index (κ2) is 8.02. The maximum absolute atomic E-state index is 12.7. The lowest BCUT2D eigenvalue weighted by Crippen LogP contribution is -2.52. The normalized spacial score (nSPS) is 22.3. The van der Waals surface area contributed by atoms with Crippen LogP contribution in [0.5, 0.6) is 0 Å². The first-order chi connectivity index (χ1) is 8.60. The van der Waals surface area contributed by atoms with E-state index in [2.05, 4.69) is 11.9 Å². The molecule has 0 aromatic carbocycles. The molecular formula is C13H26F2N2O. The lowest BCUT2D eigenvalue weighted by molar-refractivity contribution is 0.00426. The largest absolute Gasteiger partial charge is 0.392 e. The van der Waals surface area contributed by atoms with Gasteiger partial charge in [0, 0.05) is 18.6 Å². The van der Waals surface area contributed by atoms with Crippen LogP contribution in [0.25, 0.3) is 0 Å². The zero-order valence-electron chi connectivity index (χ0n) is 11.5. The van der Waals surface area contributed by atoms with Crippen LogP contribution in [0.15, 0.2) is 0 Å². The molecule has 1 rings (SSSR count). The van der Waals surface area contributed by atoms with Crippen LogP contribution in [0.4, 0.5) is 8.78 Å². The Kier molecular flexibility index (Phi) is 7.04. The smallest absolute Gasteiger partial charge is 0.102 e. The van der Waals surface area contributed by atoms with Crippen molar-refractivity contribution in [3.63, 3.8) is 0 Å². The monoisotopic (exact) mass is 264 g/mol. The van der Waals surface area contributed by atoms with Crippen LogP contribution >= 0.6 is 0 Å². The number of piperidine rings is 1. The van der Waals surface area contributed by atoms with Crippen LogP contribution in [0.3, 0.4) is 0 Å². The van der Waals surface area contributed by atoms with Gasteiger partial charge in [-0.2, -0.15) is 0 Å². The van der Waals surface area contributed by atoms with Crippen molar-refractivity contribution in [2.75, 3.05) is 40.0 Å². The molecule has 3 nitrogen and oxygen atoms in total. The molecule has 5 heteroatoms. The third-order valence-corrected chi connectivity index (χ3v) is 3.89. The average Bonchev–Trinajstić information content (AvgIpc) is 2.34. The second-order valence-corrected chi connectivity index (χ2v) is 5.25. The average molecular weight is 264 g/mol. The van der Waals surface area contributed by atoms with Crippen molar-refractivity contribution in [3.05, 3.63) is 0 Å². The minimum absolute atomic E-state index is 0.265. The van der Waals surface area contributed by atoms with Crippen LogP contribution < -0.4 is 0 Å². The molecule has 0 aromatic heterocycles. The van der Waals surface area contributed by atoms with E-state index in [1.807, 2.05) is 4.90 Å². The van der Waals surface area contributed by atoms with Crippen LogP contribution in [0.2, 0.25) is 0 Å². The quantitative estimate of drug-likeness (QED) is 0.754. The number of likely N-dealkylation sites (tertiary alicyclic amines) is 1. The second-order valence-electron chi connectivity index (χ2n) is 5.25. The SMILES string of the molecule is CC(O)[C@@H](CCF)N(CCF)C1CCN(C)CC1. The fourth-order valence-electron chi connectivity index (χ4n) is 2.84. The van der Waals surface area contributed by atoms with E-state index >= 15 is 0 Å². The Bertz CT molecular complexity index is 221. The standard InChI is InChI=1S/C13H26F2N2O/c1-11(18)13(3-6-14)17(10-7-15)12-4-8-16(2)9-5-12/h11-13,18H,3-10H2,1-2H3/t11?,13-/m1/s1. The number of rotatable bonds is 7. The summed E-state index contributed by atoms with van der Waals surface area (Å²) in [6.07, 6.45) is 1.59. The van der Waals surface area contributed by atoms with Crippen molar-refractivity contribution in [1.29, 1.82) is 0 Å². The van der Waals surface area contributed by atoms with Crippen molar-refractivity contribution in [2.45, 2.75) is 44.4 Å². The van der Waals surface area contributed by atoms with Crippen molar-refractivity contribution in [1.82, 2.24) is 9.80 Å². The number of halogens is 2. The van der Waals surface area contributed by atoms with Gasteiger partial charge in [0.2, 0.25) is 0 Å². The van der Waals surface area contributed by atoms with Gasteiger partial charge >= 0.3 is 0 Å². The Morgan fingerprint density at radius 2 is 1.89 bits per heavy atom. The molecule has 0 aliphatic carbocycles. The minimum atomic E-state index is -0.619. The molecular weight excluding hydrogens is 238 g/mol. The van der Waals surface area contributed by atoms with E-state index in [9.17, 15) is 13.9 Å². The summed E-state index contributed by atoms with van der Waals surface area (Å²) in [5.41, 5.74) is 0. The molecule has 18 heavy (non-hydrogen) atoms. The number of alkyl halides is 2. The number of aliphatic hydroxyl groups is 1. The third kappa shape index (κ3) is 4.44. The number of hydrogen-bond donors (Lipinski definition) is 1. The molecule has 0 aromatic rings. The summed E-state index contributed by atoms with van der Waals surface area (Å²) in [7, 11) is 2.07. The van der Waals surface area contributed by atoms with E-state index < -0.39 is 19.5 Å². The van der Waals surface area contributed by atoms with Gasteiger partial charge in [-0.3, -0.25) is 9.29 Å². The zero-order chi connectivity index (χ0) is 13.5. The number of nitrogens with zero attached hydrogens (tertiary/aromatic N) is 2. The van der Waals surface area contributed by atoms with Gasteiger partial charge in [0.05, 0.1) is 12.8 Å². The van der Waals surface area contributed by atoms with Crippen LogP contribution in [0.1, 0.15) is 26.2 Å². The highest BCUT2D eigenvalue weighted by Gasteiger charge is 2.30. The highest BCUT2D eigenvalue weighted by molar-refractivity contribution is 4.85. The summed E-state index contributed by atoms with van der Waals surface area (Å²) in [4.78, 5) is 4.23. The molecule has 1 aliphatic rings. The molecule has 1 saturated heterocycles. The summed E-state index contributed by atoms with van der Waals surface area (Å²) in [6.45, 7) is 3.02. The molecule has 2 atom stereocenters. The molecule has 0 saturated carbocycles. The highest BCUT2D eigenvalue weighted by Crippen LogP contribution is 2.21. The fraction of sp³-hybridized carbons (Fsp3) is 1.00. The van der Waals surface area contributed by atoms with Crippen LogP contribution in [-0.4, -0.2) is 73.1 Å². The Morgan fingerprint density at radius 3 is 2.33 bits per heavy atom. The van der Waals surface area contributed by atoms with E-state index in [-0.39, 0.29) is 18.5 Å². The van der Waals surface area contributed by atoms with Gasteiger partial charge < -0.3 is 10.0 Å². The van der Waals surface area contributed by atoms with Crippen molar-refractivity contribution in [3.8, 4) is 0 Å². The lowest BCUT2D eigenvalue weighted by Gasteiger charge is -2.42. The van der Waals surface area contributed by atoms with E-state index in [1.165, 1.54) is 0 Å². The third-order valence-electron chi connectivity index (χ3n) is 3.89. The molecule has 0 spiro atoms. The Balaban J connectivity index is 2.66. The maximum Gasteiger partial charge on any atom is 0.102 e. The number of aliphatic hydroxyl groups excluding tert-OH is 1. The zero-order valence-corrected chi connectivity index (χ0v) is 11.5. The Labute approximate surface area is 109 Å². The van der Waals surface area contributed by atoms with Gasteiger partial charge in [0.15, 0.2) is 0 Å². The van der Waals surface area contributed by atoms with Crippen LogP contribution in [0, 0.1) is 0 Å². The molecule has 0 amide bonds. The van der Waals surface area contributed by atoms with E-state index in [0.717, 1.165) is 25.9 Å². The van der Waals surface area contributed by atoms with Crippen LogP contribution in [-0.2, 0) is 0 Å². The predicted octanol–water partition coefficient (Wildman–Crippen LogP) is 1.46. The van der Waals surface area contributed by atoms with Crippen molar-refractivity contribution in [2.24, 2.45) is 0 Å². The molecule has 1 aliphatic heterocycles. The van der Waals surface area contributed by atoms with Gasteiger partial charge in [-0.1, -0.05) is 0 Å². The first kappa shape index (κ1) is 15.8. The summed E-state index contributed by atoms with van der Waals surface area (Å²) >= 11 is 0. The first-order valence-corrected chi connectivity index (χ1v) is 6.84.